The number of nitrogens with zero attached hydrogens (tertiary/aromatic N) is 1. The van der Waals surface area contributed by atoms with Gasteiger partial charge >= 0.3 is 0 Å². The van der Waals surface area contributed by atoms with Crippen LogP contribution in [0.3, 0.4) is 0 Å². The lowest BCUT2D eigenvalue weighted by atomic mass is 10.1. The van der Waals surface area contributed by atoms with Crippen molar-refractivity contribution in [3.8, 4) is 11.5 Å². The van der Waals surface area contributed by atoms with E-state index in [1.807, 2.05) is 0 Å². The molecule has 0 bridgehead atoms. The minimum atomic E-state index is -3.45. The number of piperidine rings is 1. The summed E-state index contributed by atoms with van der Waals surface area (Å²) >= 11 is 0. The maximum absolute atomic E-state index is 12.5. The van der Waals surface area contributed by atoms with E-state index in [1.165, 1.54) is 4.31 Å². The van der Waals surface area contributed by atoms with Crippen molar-refractivity contribution in [2.45, 2.75) is 18.6 Å². The summed E-state index contributed by atoms with van der Waals surface area (Å²) in [4.78, 5) is 12.2. The highest BCUT2D eigenvalue weighted by Gasteiger charge is 2.42. The molecule has 0 radical (unpaired) electrons. The number of ether oxygens (including phenoxy) is 4. The lowest BCUT2D eigenvalue weighted by Gasteiger charge is -2.36. The van der Waals surface area contributed by atoms with Crippen molar-refractivity contribution >= 4 is 15.9 Å². The van der Waals surface area contributed by atoms with Crippen molar-refractivity contribution in [2.75, 3.05) is 45.4 Å². The molecule has 1 aromatic rings. The van der Waals surface area contributed by atoms with Gasteiger partial charge in [0, 0.05) is 38.0 Å². The molecule has 1 spiro atoms. The summed E-state index contributed by atoms with van der Waals surface area (Å²) in [5, 5.41) is 2.64. The van der Waals surface area contributed by atoms with Crippen LogP contribution >= 0.6 is 0 Å². The van der Waals surface area contributed by atoms with Crippen LogP contribution in [0.4, 0.5) is 0 Å². The first-order valence-corrected chi connectivity index (χ1v) is 10.5. The average molecular weight is 398 g/mol. The second-order valence-corrected chi connectivity index (χ2v) is 8.74. The number of carbonyl (C=O) groups excluding carboxylic acids is 1. The van der Waals surface area contributed by atoms with Crippen molar-refractivity contribution in [3.05, 3.63) is 23.8 Å². The van der Waals surface area contributed by atoms with Gasteiger partial charge in [-0.25, -0.2) is 12.7 Å². The molecule has 9 nitrogen and oxygen atoms in total. The van der Waals surface area contributed by atoms with E-state index in [2.05, 4.69) is 5.32 Å². The Labute approximate surface area is 157 Å². The number of fused-ring (bicyclic) bond motifs is 1. The van der Waals surface area contributed by atoms with E-state index in [-0.39, 0.29) is 25.0 Å². The monoisotopic (exact) mass is 398 g/mol. The molecule has 4 rings (SSSR count). The van der Waals surface area contributed by atoms with Crippen LogP contribution in [0.15, 0.2) is 18.2 Å². The summed E-state index contributed by atoms with van der Waals surface area (Å²) < 4.78 is 48.2. The van der Waals surface area contributed by atoms with Crippen LogP contribution in [0.2, 0.25) is 0 Å². The third kappa shape index (κ3) is 3.88. The normalized spacial score (nSPS) is 21.5. The zero-order valence-electron chi connectivity index (χ0n) is 14.8. The SMILES string of the molecule is O=C(NCCS(=O)(=O)N1CCC2(CC1)OCCO2)c1ccc2c(c1)OCO2. The van der Waals surface area contributed by atoms with Crippen LogP contribution in [0, 0.1) is 0 Å². The largest absolute Gasteiger partial charge is 0.454 e. The minimum absolute atomic E-state index is 0.0320. The van der Waals surface area contributed by atoms with Crippen LogP contribution in [-0.2, 0) is 19.5 Å². The van der Waals surface area contributed by atoms with Crippen LogP contribution < -0.4 is 14.8 Å². The average Bonchev–Trinajstić information content (AvgIpc) is 3.31. The van der Waals surface area contributed by atoms with Gasteiger partial charge in [0.2, 0.25) is 16.8 Å². The van der Waals surface area contributed by atoms with Crippen LogP contribution in [0.1, 0.15) is 23.2 Å². The molecule has 2 fully saturated rings. The minimum Gasteiger partial charge on any atom is -0.454 e. The first-order valence-electron chi connectivity index (χ1n) is 8.91. The van der Waals surface area contributed by atoms with Gasteiger partial charge in [-0.3, -0.25) is 4.79 Å². The number of rotatable bonds is 5. The van der Waals surface area contributed by atoms with Crippen LogP contribution in [0.5, 0.6) is 11.5 Å². The van der Waals surface area contributed by atoms with E-state index >= 15 is 0 Å². The number of nitrogens with one attached hydrogen (secondary N) is 1. The highest BCUT2D eigenvalue weighted by Crippen LogP contribution is 2.33. The molecule has 1 aromatic carbocycles. The molecular weight excluding hydrogens is 376 g/mol. The molecule has 3 aliphatic heterocycles. The molecule has 148 valence electrons. The molecule has 27 heavy (non-hydrogen) atoms. The summed E-state index contributed by atoms with van der Waals surface area (Å²) in [5.41, 5.74) is 0.395. The number of amides is 1. The Hall–Kier alpha value is -1.88. The Bertz CT molecular complexity index is 811. The molecule has 1 N–H and O–H groups in total. The lowest BCUT2D eigenvalue weighted by molar-refractivity contribution is -0.179. The summed E-state index contributed by atoms with van der Waals surface area (Å²) in [6.45, 7) is 1.99. The van der Waals surface area contributed by atoms with E-state index in [9.17, 15) is 13.2 Å². The molecule has 0 atom stereocenters. The molecular formula is C17H22N2O7S. The Morgan fingerprint density at radius 3 is 2.56 bits per heavy atom. The third-order valence-corrected chi connectivity index (χ3v) is 6.84. The Kier molecular flexibility index (Phi) is 4.97. The number of carbonyl (C=O) groups is 1. The number of hydrogen-bond donors (Lipinski definition) is 1. The second-order valence-electron chi connectivity index (χ2n) is 6.65. The molecule has 10 heteroatoms. The van der Waals surface area contributed by atoms with Gasteiger partial charge in [0.05, 0.1) is 19.0 Å². The summed E-state index contributed by atoms with van der Waals surface area (Å²) in [5.74, 6) is -0.0210. The van der Waals surface area contributed by atoms with E-state index in [0.717, 1.165) is 0 Å². The molecule has 0 aliphatic carbocycles. The van der Waals surface area contributed by atoms with Gasteiger partial charge in [-0.1, -0.05) is 0 Å². The fourth-order valence-corrected chi connectivity index (χ4v) is 4.81. The Morgan fingerprint density at radius 1 is 1.11 bits per heavy atom. The van der Waals surface area contributed by atoms with E-state index in [4.69, 9.17) is 18.9 Å². The highest BCUT2D eigenvalue weighted by atomic mass is 32.2. The molecule has 0 unspecified atom stereocenters. The highest BCUT2D eigenvalue weighted by molar-refractivity contribution is 7.89. The van der Waals surface area contributed by atoms with E-state index in [0.29, 0.717) is 56.2 Å². The Balaban J connectivity index is 1.27. The first kappa shape index (κ1) is 18.5. The molecule has 0 aromatic heterocycles. The van der Waals surface area contributed by atoms with Gasteiger partial charge in [-0.15, -0.1) is 0 Å². The molecule has 0 saturated carbocycles. The predicted octanol–water partition coefficient (Wildman–Crippen LogP) is 0.314. The van der Waals surface area contributed by atoms with Crippen LogP contribution in [0.25, 0.3) is 0 Å². The van der Waals surface area contributed by atoms with E-state index in [1.54, 1.807) is 18.2 Å². The maximum Gasteiger partial charge on any atom is 0.251 e. The van der Waals surface area contributed by atoms with Crippen molar-refractivity contribution in [1.82, 2.24) is 9.62 Å². The van der Waals surface area contributed by atoms with Gasteiger partial charge in [0.15, 0.2) is 17.3 Å². The quantitative estimate of drug-likeness (QED) is 0.762. The van der Waals surface area contributed by atoms with Crippen molar-refractivity contribution in [2.24, 2.45) is 0 Å². The van der Waals surface area contributed by atoms with Gasteiger partial charge in [-0.2, -0.15) is 0 Å². The molecule has 3 aliphatic rings. The standard InChI is InChI=1S/C17H22N2O7S/c20-16(13-1-2-14-15(11-13)24-12-23-14)18-5-10-27(21,22)19-6-3-17(4-7-19)25-8-9-26-17/h1-2,11H,3-10,12H2,(H,18,20). The zero-order valence-corrected chi connectivity index (χ0v) is 15.6. The van der Waals surface area contributed by atoms with Crippen molar-refractivity contribution in [1.29, 1.82) is 0 Å². The van der Waals surface area contributed by atoms with Gasteiger partial charge in [0.1, 0.15) is 0 Å². The van der Waals surface area contributed by atoms with Gasteiger partial charge in [0.25, 0.3) is 5.91 Å². The smallest absolute Gasteiger partial charge is 0.251 e. The summed E-state index contributed by atoms with van der Waals surface area (Å²) in [7, 11) is -3.45. The fourth-order valence-electron chi connectivity index (χ4n) is 3.45. The predicted molar refractivity (Wildman–Crippen MR) is 94.1 cm³/mol. The summed E-state index contributed by atoms with van der Waals surface area (Å²) in [6.07, 6.45) is 1.05. The van der Waals surface area contributed by atoms with Gasteiger partial charge < -0.3 is 24.3 Å². The third-order valence-electron chi connectivity index (χ3n) is 4.97. The van der Waals surface area contributed by atoms with Crippen molar-refractivity contribution in [3.63, 3.8) is 0 Å². The van der Waals surface area contributed by atoms with Crippen LogP contribution in [-0.4, -0.2) is 69.8 Å². The number of benzene rings is 1. The second kappa shape index (κ2) is 7.27. The molecule has 2 saturated heterocycles. The molecule has 1 amide bonds. The number of sulfonamides is 1. The first-order chi connectivity index (χ1) is 13.0. The summed E-state index contributed by atoms with van der Waals surface area (Å²) in [6, 6.07) is 4.85. The zero-order chi connectivity index (χ0) is 18.9. The number of hydrogen-bond acceptors (Lipinski definition) is 7. The molecule has 3 heterocycles. The topological polar surface area (TPSA) is 103 Å². The fraction of sp³-hybridized carbons (Fsp3) is 0.588. The van der Waals surface area contributed by atoms with E-state index < -0.39 is 15.8 Å². The lowest BCUT2D eigenvalue weighted by Crippen LogP contribution is -2.48. The van der Waals surface area contributed by atoms with Gasteiger partial charge in [-0.05, 0) is 18.2 Å². The maximum atomic E-state index is 12.5. The Morgan fingerprint density at radius 2 is 1.81 bits per heavy atom. The van der Waals surface area contributed by atoms with Crippen molar-refractivity contribution < 1.29 is 32.2 Å².